The summed E-state index contributed by atoms with van der Waals surface area (Å²) < 4.78 is 24.7. The highest BCUT2D eigenvalue weighted by Crippen LogP contribution is 2.29. The average molecular weight is 445 g/mol. The first-order valence-corrected chi connectivity index (χ1v) is 10.2. The lowest BCUT2D eigenvalue weighted by molar-refractivity contribution is -0.113. The molecule has 3 aromatic carbocycles. The van der Waals surface area contributed by atoms with Crippen molar-refractivity contribution in [3.8, 4) is 11.1 Å². The first kappa shape index (κ1) is 21.9. The van der Waals surface area contributed by atoms with E-state index in [0.717, 1.165) is 33.3 Å². The molecule has 0 aliphatic rings. The van der Waals surface area contributed by atoms with E-state index in [4.69, 9.17) is 10.7 Å². The van der Waals surface area contributed by atoms with E-state index in [9.17, 15) is 13.6 Å². The van der Waals surface area contributed by atoms with E-state index in [-0.39, 0.29) is 0 Å². The van der Waals surface area contributed by atoms with E-state index in [2.05, 4.69) is 15.6 Å². The van der Waals surface area contributed by atoms with Gasteiger partial charge in [0, 0.05) is 34.6 Å². The molecule has 1 amide bonds. The number of alkyl halides is 2. The second-order valence-corrected chi connectivity index (χ2v) is 7.27. The van der Waals surface area contributed by atoms with Crippen LogP contribution in [0.15, 0.2) is 79.0 Å². The molecule has 1 heterocycles. The van der Waals surface area contributed by atoms with Crippen LogP contribution in [0.2, 0.25) is 0 Å². The third-order valence-corrected chi connectivity index (χ3v) is 4.85. The van der Waals surface area contributed by atoms with E-state index in [0.29, 0.717) is 11.6 Å². The third-order valence-electron chi connectivity index (χ3n) is 4.85. The van der Waals surface area contributed by atoms with Gasteiger partial charge in [-0.1, -0.05) is 36.4 Å². The van der Waals surface area contributed by atoms with Gasteiger partial charge < -0.3 is 16.4 Å². The maximum Gasteiger partial charge on any atom is 0.255 e. The van der Waals surface area contributed by atoms with E-state index in [1.165, 1.54) is 6.08 Å². The number of nitrogens with one attached hydrogen (secondary N) is 2. The minimum Gasteiger partial charge on any atom is -0.379 e. The number of fused-ring (bicyclic) bond motifs is 1. The second-order valence-electron chi connectivity index (χ2n) is 7.27. The molecule has 0 aliphatic heterocycles. The first-order valence-electron chi connectivity index (χ1n) is 10.2. The monoisotopic (exact) mass is 445 g/mol. The van der Waals surface area contributed by atoms with Crippen LogP contribution in [-0.2, 0) is 4.79 Å². The smallest absolute Gasteiger partial charge is 0.255 e. The van der Waals surface area contributed by atoms with Gasteiger partial charge in [-0.15, -0.1) is 0 Å². The Morgan fingerprint density at radius 3 is 2.55 bits per heavy atom. The van der Waals surface area contributed by atoms with Gasteiger partial charge in [0.25, 0.3) is 6.43 Å². The molecule has 4 rings (SSSR count). The summed E-state index contributed by atoms with van der Waals surface area (Å²) in [6, 6.07) is 20.5. The van der Waals surface area contributed by atoms with Crippen molar-refractivity contribution in [2.75, 3.05) is 17.2 Å². The SMILES string of the molecule is NC(=O)C=Cc1cccc(-c2cccc3cnc(Nc4ccc(NCC(F)F)cc4)nc23)c1. The standard InChI is InChI=1S/C25H21F2N5O/c26-22(27)15-29-19-8-10-20(11-9-19)31-25-30-14-18-5-2-6-21(24(18)32-25)17-4-1-3-16(13-17)7-12-23(28)33/h1-14,22,29H,15H2,(H2,28,33)(H,30,31,32). The molecule has 4 N–H and O–H groups in total. The van der Waals surface area contributed by atoms with E-state index in [1.807, 2.05) is 42.5 Å². The fourth-order valence-corrected chi connectivity index (χ4v) is 3.33. The zero-order valence-corrected chi connectivity index (χ0v) is 17.5. The Hall–Kier alpha value is -4.33. The molecule has 0 aliphatic carbocycles. The number of hydrogen-bond acceptors (Lipinski definition) is 5. The van der Waals surface area contributed by atoms with E-state index >= 15 is 0 Å². The number of nitrogens with two attached hydrogens (primary N) is 1. The van der Waals surface area contributed by atoms with Crippen LogP contribution in [-0.4, -0.2) is 28.8 Å². The maximum absolute atomic E-state index is 12.3. The molecule has 0 atom stereocenters. The summed E-state index contributed by atoms with van der Waals surface area (Å²) >= 11 is 0. The summed E-state index contributed by atoms with van der Waals surface area (Å²) in [5.41, 5.74) is 9.99. The van der Waals surface area contributed by atoms with E-state index < -0.39 is 18.9 Å². The number of benzene rings is 3. The van der Waals surface area contributed by atoms with Gasteiger partial charge in [0.2, 0.25) is 11.9 Å². The van der Waals surface area contributed by atoms with Crippen LogP contribution in [0.3, 0.4) is 0 Å². The first-order chi connectivity index (χ1) is 16.0. The van der Waals surface area contributed by atoms with Gasteiger partial charge in [0.05, 0.1) is 12.1 Å². The highest BCUT2D eigenvalue weighted by molar-refractivity contribution is 5.95. The van der Waals surface area contributed by atoms with Gasteiger partial charge in [-0.05, 0) is 47.5 Å². The van der Waals surface area contributed by atoms with Gasteiger partial charge in [-0.3, -0.25) is 4.79 Å². The number of anilines is 3. The van der Waals surface area contributed by atoms with Crippen molar-refractivity contribution in [3.05, 3.63) is 84.6 Å². The highest BCUT2D eigenvalue weighted by Gasteiger charge is 2.08. The Labute approximate surface area is 189 Å². The summed E-state index contributed by atoms with van der Waals surface area (Å²) in [6.07, 6.45) is 2.31. The molecule has 8 heteroatoms. The minimum absolute atomic E-state index is 0.400. The van der Waals surface area contributed by atoms with Gasteiger partial charge in [-0.25, -0.2) is 18.7 Å². The van der Waals surface area contributed by atoms with Crippen LogP contribution >= 0.6 is 0 Å². The fourth-order valence-electron chi connectivity index (χ4n) is 3.33. The molecule has 0 unspecified atom stereocenters. The molecule has 0 spiro atoms. The number of amides is 1. The Bertz CT molecular complexity index is 1310. The summed E-state index contributed by atoms with van der Waals surface area (Å²) in [5, 5.41) is 6.69. The molecule has 33 heavy (non-hydrogen) atoms. The number of nitrogens with zero attached hydrogens (tertiary/aromatic N) is 2. The van der Waals surface area contributed by atoms with Crippen LogP contribution in [0.5, 0.6) is 0 Å². The Morgan fingerprint density at radius 1 is 1.03 bits per heavy atom. The Morgan fingerprint density at radius 2 is 1.79 bits per heavy atom. The maximum atomic E-state index is 12.3. The van der Waals surface area contributed by atoms with Gasteiger partial charge >= 0.3 is 0 Å². The highest BCUT2D eigenvalue weighted by atomic mass is 19.3. The van der Waals surface area contributed by atoms with Crippen molar-refractivity contribution in [2.45, 2.75) is 6.43 Å². The summed E-state index contributed by atoms with van der Waals surface area (Å²) in [6.45, 7) is -0.400. The topological polar surface area (TPSA) is 92.9 Å². The number of primary amides is 1. The molecule has 1 aromatic heterocycles. The summed E-state index contributed by atoms with van der Waals surface area (Å²) in [7, 11) is 0. The van der Waals surface area contributed by atoms with Crippen LogP contribution in [0, 0.1) is 0 Å². The molecular weight excluding hydrogens is 424 g/mol. The Balaban J connectivity index is 1.61. The normalized spacial score (nSPS) is 11.2. The molecule has 0 saturated carbocycles. The number of para-hydroxylation sites is 1. The lowest BCUT2D eigenvalue weighted by Gasteiger charge is -2.10. The lowest BCUT2D eigenvalue weighted by atomic mass is 10.0. The minimum atomic E-state index is -2.41. The zero-order valence-electron chi connectivity index (χ0n) is 17.5. The third kappa shape index (κ3) is 5.68. The van der Waals surface area contributed by atoms with Crippen LogP contribution in [0.25, 0.3) is 28.1 Å². The summed E-state index contributed by atoms with van der Waals surface area (Å²) in [4.78, 5) is 20.1. The lowest BCUT2D eigenvalue weighted by Crippen LogP contribution is -2.09. The second kappa shape index (κ2) is 9.86. The van der Waals surface area contributed by atoms with Crippen molar-refractivity contribution in [1.82, 2.24) is 9.97 Å². The molecule has 0 fully saturated rings. The predicted molar refractivity (Wildman–Crippen MR) is 127 cm³/mol. The Kier molecular flexibility index (Phi) is 6.54. The van der Waals surface area contributed by atoms with Crippen molar-refractivity contribution in [3.63, 3.8) is 0 Å². The molecule has 0 saturated heterocycles. The predicted octanol–water partition coefficient (Wildman–Crippen LogP) is 5.22. The number of carbonyl (C=O) groups is 1. The fraction of sp³-hybridized carbons (Fsp3) is 0.0800. The number of halogens is 2. The zero-order chi connectivity index (χ0) is 23.2. The van der Waals surface area contributed by atoms with Gasteiger partial charge in [0.15, 0.2) is 0 Å². The van der Waals surface area contributed by atoms with Crippen molar-refractivity contribution in [2.24, 2.45) is 5.73 Å². The van der Waals surface area contributed by atoms with Crippen LogP contribution in [0.4, 0.5) is 26.1 Å². The number of carbonyl (C=O) groups excluding carboxylic acids is 1. The number of hydrogen-bond donors (Lipinski definition) is 3. The van der Waals surface area contributed by atoms with Gasteiger partial charge in [0.1, 0.15) is 0 Å². The largest absolute Gasteiger partial charge is 0.379 e. The van der Waals surface area contributed by atoms with Crippen LogP contribution in [0.1, 0.15) is 5.56 Å². The molecule has 0 radical (unpaired) electrons. The molecule has 166 valence electrons. The number of aromatic nitrogens is 2. The summed E-state index contributed by atoms with van der Waals surface area (Å²) in [5.74, 6) is -0.0973. The number of rotatable bonds is 8. The molecule has 4 aromatic rings. The average Bonchev–Trinajstić information content (AvgIpc) is 2.82. The van der Waals surface area contributed by atoms with Crippen LogP contribution < -0.4 is 16.4 Å². The quantitative estimate of drug-likeness (QED) is 0.324. The van der Waals surface area contributed by atoms with Crippen molar-refractivity contribution >= 4 is 40.2 Å². The van der Waals surface area contributed by atoms with Crippen molar-refractivity contribution < 1.29 is 13.6 Å². The van der Waals surface area contributed by atoms with Crippen molar-refractivity contribution in [1.29, 1.82) is 0 Å². The van der Waals surface area contributed by atoms with E-state index in [1.54, 1.807) is 36.5 Å². The molecule has 0 bridgehead atoms. The molecular formula is C25H21F2N5O. The van der Waals surface area contributed by atoms with Gasteiger partial charge in [-0.2, -0.15) is 0 Å². The molecule has 6 nitrogen and oxygen atoms in total.